The van der Waals surface area contributed by atoms with Crippen molar-refractivity contribution in [2.45, 2.75) is 6.42 Å². The Hall–Kier alpha value is -2.99. The van der Waals surface area contributed by atoms with Gasteiger partial charge in [0.1, 0.15) is 22.5 Å². The number of hydrogen-bond donors (Lipinski definition) is 4. The normalized spacial score (nSPS) is 11.0. The van der Waals surface area contributed by atoms with Crippen LogP contribution < -0.4 is 11.2 Å². The second-order valence-corrected chi connectivity index (χ2v) is 5.11. The summed E-state index contributed by atoms with van der Waals surface area (Å²) in [5.74, 6) is -1.29. The fourth-order valence-electron chi connectivity index (χ4n) is 2.55. The van der Waals surface area contributed by atoms with Crippen LogP contribution in [0.25, 0.3) is 22.3 Å². The molecule has 0 aliphatic rings. The molecule has 0 aliphatic heterocycles. The van der Waals surface area contributed by atoms with E-state index in [9.17, 15) is 20.1 Å². The highest BCUT2D eigenvalue weighted by molar-refractivity contribution is 5.90. The predicted molar refractivity (Wildman–Crippen MR) is 85.7 cm³/mol. The average Bonchev–Trinajstić information content (AvgIpc) is 2.54. The maximum atomic E-state index is 12.4. The second kappa shape index (κ2) is 5.66. The number of phenols is 2. The van der Waals surface area contributed by atoms with Gasteiger partial charge in [0, 0.05) is 17.2 Å². The van der Waals surface area contributed by atoms with E-state index in [0.717, 1.165) is 6.07 Å². The van der Waals surface area contributed by atoms with Crippen LogP contribution in [0.4, 0.5) is 0 Å². The van der Waals surface area contributed by atoms with Gasteiger partial charge < -0.3 is 25.5 Å². The van der Waals surface area contributed by atoms with E-state index in [2.05, 4.69) is 0 Å². The first-order valence-corrected chi connectivity index (χ1v) is 7.03. The molecular weight excluding hydrogens is 298 g/mol. The summed E-state index contributed by atoms with van der Waals surface area (Å²) < 4.78 is 5.68. The minimum atomic E-state index is -0.763. The summed E-state index contributed by atoms with van der Waals surface area (Å²) in [6.07, 6.45) is 0.255. The third kappa shape index (κ3) is 2.39. The summed E-state index contributed by atoms with van der Waals surface area (Å²) in [5, 5.41) is 29.9. The molecule has 0 unspecified atom stereocenters. The van der Waals surface area contributed by atoms with Crippen molar-refractivity contribution in [3.05, 3.63) is 52.2 Å². The van der Waals surface area contributed by atoms with Crippen LogP contribution in [-0.4, -0.2) is 21.9 Å². The lowest BCUT2D eigenvalue weighted by Crippen LogP contribution is -2.08. The van der Waals surface area contributed by atoms with Crippen LogP contribution in [0.15, 0.2) is 45.6 Å². The highest BCUT2D eigenvalue weighted by Crippen LogP contribution is 2.38. The van der Waals surface area contributed by atoms with Gasteiger partial charge in [-0.2, -0.15) is 0 Å². The maximum absolute atomic E-state index is 12.4. The zero-order chi connectivity index (χ0) is 16.6. The van der Waals surface area contributed by atoms with E-state index >= 15 is 0 Å². The summed E-state index contributed by atoms with van der Waals surface area (Å²) >= 11 is 0. The Bertz CT molecular complexity index is 931. The first-order chi connectivity index (χ1) is 11.0. The van der Waals surface area contributed by atoms with Crippen molar-refractivity contribution in [3.63, 3.8) is 0 Å². The van der Waals surface area contributed by atoms with Gasteiger partial charge in [0.25, 0.3) is 0 Å². The first kappa shape index (κ1) is 14.9. The Morgan fingerprint density at radius 3 is 2.39 bits per heavy atom. The molecule has 0 saturated carbocycles. The van der Waals surface area contributed by atoms with E-state index in [4.69, 9.17) is 10.2 Å². The molecule has 3 aromatic rings. The molecule has 2 aromatic carbocycles. The molecule has 23 heavy (non-hydrogen) atoms. The van der Waals surface area contributed by atoms with E-state index < -0.39 is 16.9 Å². The fourth-order valence-corrected chi connectivity index (χ4v) is 2.55. The van der Waals surface area contributed by atoms with Gasteiger partial charge in [-0.1, -0.05) is 30.3 Å². The van der Waals surface area contributed by atoms with Gasteiger partial charge in [-0.25, -0.2) is 0 Å². The minimum absolute atomic E-state index is 0.0219. The molecule has 1 heterocycles. The van der Waals surface area contributed by atoms with Crippen molar-refractivity contribution in [2.75, 3.05) is 6.54 Å². The number of nitrogens with two attached hydrogens (primary N) is 1. The lowest BCUT2D eigenvalue weighted by Gasteiger charge is -2.11. The topological polar surface area (TPSA) is 117 Å². The Balaban J connectivity index is 2.44. The maximum Gasteiger partial charge on any atom is 0.238 e. The van der Waals surface area contributed by atoms with Crippen molar-refractivity contribution in [1.29, 1.82) is 0 Å². The summed E-state index contributed by atoms with van der Waals surface area (Å²) in [7, 11) is 0. The van der Waals surface area contributed by atoms with Gasteiger partial charge in [-0.15, -0.1) is 0 Å². The van der Waals surface area contributed by atoms with E-state index in [0.29, 0.717) is 11.1 Å². The Kier molecular flexibility index (Phi) is 3.67. The summed E-state index contributed by atoms with van der Waals surface area (Å²) in [6, 6.07) is 9.66. The van der Waals surface area contributed by atoms with Crippen LogP contribution in [0, 0.1) is 0 Å². The van der Waals surface area contributed by atoms with Gasteiger partial charge in [0.15, 0.2) is 5.76 Å². The van der Waals surface area contributed by atoms with Crippen molar-refractivity contribution in [2.24, 2.45) is 5.73 Å². The second-order valence-electron chi connectivity index (χ2n) is 5.11. The monoisotopic (exact) mass is 313 g/mol. The highest BCUT2D eigenvalue weighted by atomic mass is 16.4. The lowest BCUT2D eigenvalue weighted by molar-refractivity contribution is 0.435. The molecule has 0 atom stereocenters. The lowest BCUT2D eigenvalue weighted by atomic mass is 10.0. The van der Waals surface area contributed by atoms with E-state index in [-0.39, 0.29) is 35.4 Å². The minimum Gasteiger partial charge on any atom is -0.507 e. The smallest absolute Gasteiger partial charge is 0.238 e. The number of phenolic OH excluding ortho intramolecular Hbond substituents is 2. The van der Waals surface area contributed by atoms with Crippen molar-refractivity contribution >= 4 is 11.0 Å². The van der Waals surface area contributed by atoms with E-state index in [1.54, 1.807) is 30.3 Å². The summed E-state index contributed by atoms with van der Waals surface area (Å²) in [4.78, 5) is 12.4. The molecule has 0 aliphatic carbocycles. The Morgan fingerprint density at radius 2 is 1.74 bits per heavy atom. The molecule has 1 aromatic heterocycles. The molecule has 6 nitrogen and oxygen atoms in total. The number of fused-ring (bicyclic) bond motifs is 1. The van der Waals surface area contributed by atoms with Crippen LogP contribution in [-0.2, 0) is 6.42 Å². The number of hydrogen-bond acceptors (Lipinski definition) is 6. The molecule has 5 N–H and O–H groups in total. The average molecular weight is 313 g/mol. The highest BCUT2D eigenvalue weighted by Gasteiger charge is 2.22. The predicted octanol–water partition coefficient (Wildman–Crippen LogP) is 2.08. The Labute approximate surface area is 131 Å². The molecular formula is C17H15NO5. The van der Waals surface area contributed by atoms with E-state index in [1.807, 2.05) is 0 Å². The molecule has 0 fully saturated rings. The molecule has 0 spiro atoms. The molecule has 3 rings (SSSR count). The van der Waals surface area contributed by atoms with Crippen LogP contribution in [0.2, 0.25) is 0 Å². The molecule has 0 amide bonds. The van der Waals surface area contributed by atoms with Crippen molar-refractivity contribution < 1.29 is 19.7 Å². The summed E-state index contributed by atoms with van der Waals surface area (Å²) in [5.41, 5.74) is 5.61. The van der Waals surface area contributed by atoms with Gasteiger partial charge >= 0.3 is 0 Å². The number of aromatic hydroxyl groups is 3. The van der Waals surface area contributed by atoms with Gasteiger partial charge in [0.2, 0.25) is 11.2 Å². The third-order valence-corrected chi connectivity index (χ3v) is 3.63. The third-order valence-electron chi connectivity index (χ3n) is 3.63. The number of benzene rings is 2. The van der Waals surface area contributed by atoms with Crippen molar-refractivity contribution in [3.8, 4) is 28.6 Å². The molecule has 0 radical (unpaired) electrons. The molecule has 118 valence electrons. The zero-order valence-electron chi connectivity index (χ0n) is 12.1. The molecule has 0 saturated heterocycles. The van der Waals surface area contributed by atoms with Gasteiger partial charge in [-0.3, -0.25) is 4.79 Å². The summed E-state index contributed by atoms with van der Waals surface area (Å²) in [6.45, 7) is 0.221. The zero-order valence-corrected chi connectivity index (χ0v) is 12.1. The Morgan fingerprint density at radius 1 is 1.04 bits per heavy atom. The van der Waals surface area contributed by atoms with Gasteiger partial charge in [0.05, 0.1) is 0 Å². The molecule has 6 heteroatoms. The standard InChI is InChI=1S/C17H15NO5/c18-7-6-10-11(19)8-12(20)13-14(21)15(22)16(23-17(10)13)9-4-2-1-3-5-9/h1-5,8,19-20,22H,6-7,18H2. The largest absolute Gasteiger partial charge is 0.507 e. The number of rotatable bonds is 3. The van der Waals surface area contributed by atoms with E-state index in [1.165, 1.54) is 0 Å². The molecule has 0 bridgehead atoms. The van der Waals surface area contributed by atoms with Crippen LogP contribution in [0.5, 0.6) is 17.2 Å². The SMILES string of the molecule is NCCc1c(O)cc(O)c2c(=O)c(O)c(-c3ccccc3)oc12. The van der Waals surface area contributed by atoms with Crippen LogP contribution in [0.1, 0.15) is 5.56 Å². The van der Waals surface area contributed by atoms with Crippen LogP contribution >= 0.6 is 0 Å². The quantitative estimate of drug-likeness (QED) is 0.588. The van der Waals surface area contributed by atoms with Crippen LogP contribution in [0.3, 0.4) is 0 Å². The fraction of sp³-hybridized carbons (Fsp3) is 0.118. The van der Waals surface area contributed by atoms with Crippen molar-refractivity contribution in [1.82, 2.24) is 0 Å². The first-order valence-electron chi connectivity index (χ1n) is 7.03. The van der Waals surface area contributed by atoms with Gasteiger partial charge in [-0.05, 0) is 13.0 Å².